The van der Waals surface area contributed by atoms with Gasteiger partial charge in [-0.1, -0.05) is 0 Å². The Morgan fingerprint density at radius 3 is 2.90 bits per heavy atom. The Kier molecular flexibility index (Phi) is 6.52. The van der Waals surface area contributed by atoms with Crippen LogP contribution in [-0.2, 0) is 4.79 Å². The van der Waals surface area contributed by atoms with Gasteiger partial charge in [0.05, 0.1) is 12.3 Å². The van der Waals surface area contributed by atoms with Crippen LogP contribution in [0.2, 0.25) is 0 Å². The number of carbonyl (C=O) groups excluding carboxylic acids is 1. The zero-order chi connectivity index (χ0) is 21.0. The van der Waals surface area contributed by atoms with E-state index in [1.165, 1.54) is 6.07 Å². The van der Waals surface area contributed by atoms with Crippen molar-refractivity contribution < 1.29 is 13.9 Å². The number of nitrogens with one attached hydrogen (secondary N) is 1. The van der Waals surface area contributed by atoms with Crippen LogP contribution in [0.25, 0.3) is 11.1 Å². The Labute approximate surface area is 172 Å². The molecule has 3 rings (SSSR count). The quantitative estimate of drug-likeness (QED) is 0.674. The summed E-state index contributed by atoms with van der Waals surface area (Å²) in [5.74, 6) is 0.386. The molecule has 1 aromatic carbocycles. The highest BCUT2D eigenvalue weighted by molar-refractivity contribution is 5.66. The van der Waals surface area contributed by atoms with E-state index in [1.807, 2.05) is 26.0 Å². The van der Waals surface area contributed by atoms with Crippen molar-refractivity contribution in [1.29, 1.82) is 0 Å². The minimum Gasteiger partial charge on any atom is -0.494 e. The lowest BCUT2D eigenvalue weighted by atomic mass is 9.96. The van der Waals surface area contributed by atoms with E-state index >= 15 is 0 Å². The lowest BCUT2D eigenvalue weighted by Gasteiger charge is -2.27. The second-order valence-electron chi connectivity index (χ2n) is 8.13. The summed E-state index contributed by atoms with van der Waals surface area (Å²) in [7, 11) is 1.79. The molecule has 0 bridgehead atoms. The number of ether oxygens (including phenoxy) is 1. The summed E-state index contributed by atoms with van der Waals surface area (Å²) in [6.07, 6.45) is 3.69. The van der Waals surface area contributed by atoms with E-state index in [4.69, 9.17) is 9.72 Å². The zero-order valence-electron chi connectivity index (χ0n) is 17.7. The summed E-state index contributed by atoms with van der Waals surface area (Å²) in [5.41, 5.74) is 3.07. The Morgan fingerprint density at radius 1 is 1.38 bits per heavy atom. The molecule has 29 heavy (non-hydrogen) atoms. The molecule has 1 aromatic heterocycles. The van der Waals surface area contributed by atoms with E-state index in [0.29, 0.717) is 24.5 Å². The first-order valence-corrected chi connectivity index (χ1v) is 10.2. The maximum absolute atomic E-state index is 14.5. The van der Waals surface area contributed by atoms with E-state index in [9.17, 15) is 9.18 Å². The minimum atomic E-state index is -0.272. The van der Waals surface area contributed by atoms with E-state index < -0.39 is 0 Å². The van der Waals surface area contributed by atoms with Crippen LogP contribution in [0.15, 0.2) is 30.3 Å². The van der Waals surface area contributed by atoms with Gasteiger partial charge in [-0.05, 0) is 75.9 Å². The molecule has 1 amide bonds. The lowest BCUT2D eigenvalue weighted by Crippen LogP contribution is -2.40. The van der Waals surface area contributed by atoms with Crippen LogP contribution >= 0.6 is 0 Å². The van der Waals surface area contributed by atoms with Crippen molar-refractivity contribution in [1.82, 2.24) is 15.2 Å². The molecule has 6 heteroatoms. The highest BCUT2D eigenvalue weighted by Crippen LogP contribution is 2.36. The summed E-state index contributed by atoms with van der Waals surface area (Å²) in [6, 6.07) is 8.84. The molecule has 1 N–H and O–H groups in total. The van der Waals surface area contributed by atoms with E-state index in [1.54, 1.807) is 24.1 Å². The third-order valence-electron chi connectivity index (χ3n) is 5.59. The number of carbonyl (C=O) groups is 1. The highest BCUT2D eigenvalue weighted by atomic mass is 19.1. The number of pyridine rings is 1. The molecule has 2 aromatic rings. The number of rotatable bonds is 8. The molecule has 2 atom stereocenters. The maximum Gasteiger partial charge on any atom is 0.209 e. The van der Waals surface area contributed by atoms with Crippen molar-refractivity contribution >= 4 is 6.41 Å². The topological polar surface area (TPSA) is 54.5 Å². The minimum absolute atomic E-state index is 0.0480. The third kappa shape index (κ3) is 5.12. The fraction of sp³-hybridized carbons (Fsp3) is 0.478. The average molecular weight is 400 g/mol. The van der Waals surface area contributed by atoms with Crippen molar-refractivity contribution in [3.8, 4) is 16.9 Å². The van der Waals surface area contributed by atoms with Crippen LogP contribution in [0, 0.1) is 12.7 Å². The van der Waals surface area contributed by atoms with Crippen molar-refractivity contribution in [2.45, 2.75) is 51.6 Å². The van der Waals surface area contributed by atoms with Crippen molar-refractivity contribution in [2.75, 3.05) is 20.2 Å². The molecule has 0 spiro atoms. The van der Waals surface area contributed by atoms with E-state index in [2.05, 4.69) is 12.2 Å². The Balaban J connectivity index is 1.83. The Bertz CT molecular complexity index is 873. The van der Waals surface area contributed by atoms with Crippen LogP contribution in [-0.4, -0.2) is 42.0 Å². The predicted octanol–water partition coefficient (Wildman–Crippen LogP) is 4.26. The molecule has 1 fully saturated rings. The second kappa shape index (κ2) is 8.91. The molecule has 1 saturated heterocycles. The Morgan fingerprint density at radius 2 is 2.17 bits per heavy atom. The molecule has 1 aliphatic heterocycles. The summed E-state index contributed by atoms with van der Waals surface area (Å²) in [5, 5.41) is 3.69. The second-order valence-corrected chi connectivity index (χ2v) is 8.13. The number of aromatic nitrogens is 1. The fourth-order valence-electron chi connectivity index (χ4n) is 3.93. The lowest BCUT2D eigenvalue weighted by molar-refractivity contribution is -0.117. The van der Waals surface area contributed by atoms with Crippen molar-refractivity contribution in [3.63, 3.8) is 0 Å². The van der Waals surface area contributed by atoms with Crippen LogP contribution in [0.3, 0.4) is 0 Å². The molecular weight excluding hydrogens is 369 g/mol. The monoisotopic (exact) mass is 399 g/mol. The smallest absolute Gasteiger partial charge is 0.209 e. The maximum atomic E-state index is 14.5. The molecule has 2 heterocycles. The van der Waals surface area contributed by atoms with Crippen molar-refractivity contribution in [3.05, 3.63) is 47.5 Å². The third-order valence-corrected chi connectivity index (χ3v) is 5.59. The van der Waals surface area contributed by atoms with Gasteiger partial charge in [-0.3, -0.25) is 9.78 Å². The van der Waals surface area contributed by atoms with Gasteiger partial charge in [0.2, 0.25) is 6.41 Å². The van der Waals surface area contributed by atoms with Gasteiger partial charge in [-0.25, -0.2) is 4.39 Å². The standard InChI is InChI=1S/C23H30FN3O2/c1-5-29-18-6-7-20(24)19(14-18)17-12-16(2)25-22(13-17)21-8-9-23(3,26-21)10-11-27(4)15-28/h6-7,12-15,21,26H,5,8-11H2,1-4H3/t21-,23+/m1/s1. The average Bonchev–Trinajstić information content (AvgIpc) is 3.10. The summed E-state index contributed by atoms with van der Waals surface area (Å²) < 4.78 is 20.1. The van der Waals surface area contributed by atoms with Gasteiger partial charge in [0, 0.05) is 36.4 Å². The van der Waals surface area contributed by atoms with Gasteiger partial charge >= 0.3 is 0 Å². The molecule has 5 nitrogen and oxygen atoms in total. The largest absolute Gasteiger partial charge is 0.494 e. The van der Waals surface area contributed by atoms with Gasteiger partial charge in [0.1, 0.15) is 11.6 Å². The predicted molar refractivity (Wildman–Crippen MR) is 112 cm³/mol. The van der Waals surface area contributed by atoms with Gasteiger partial charge in [-0.2, -0.15) is 0 Å². The highest BCUT2D eigenvalue weighted by Gasteiger charge is 2.35. The van der Waals surface area contributed by atoms with E-state index in [-0.39, 0.29) is 17.4 Å². The summed E-state index contributed by atoms with van der Waals surface area (Å²) in [6.45, 7) is 7.28. The van der Waals surface area contributed by atoms with Crippen LogP contribution in [0.5, 0.6) is 5.75 Å². The molecule has 0 saturated carbocycles. The first kappa shape index (κ1) is 21.2. The number of hydrogen-bond donors (Lipinski definition) is 1. The number of halogens is 1. The van der Waals surface area contributed by atoms with Crippen LogP contribution in [0.4, 0.5) is 4.39 Å². The van der Waals surface area contributed by atoms with Crippen LogP contribution < -0.4 is 10.1 Å². The first-order chi connectivity index (χ1) is 13.8. The number of hydrogen-bond acceptors (Lipinski definition) is 4. The molecule has 156 valence electrons. The number of benzene rings is 1. The summed E-state index contributed by atoms with van der Waals surface area (Å²) >= 11 is 0. The van der Waals surface area contributed by atoms with Gasteiger partial charge in [0.15, 0.2) is 0 Å². The number of aryl methyl sites for hydroxylation is 1. The fourth-order valence-corrected chi connectivity index (χ4v) is 3.93. The molecule has 0 aliphatic carbocycles. The molecule has 1 aliphatic rings. The first-order valence-electron chi connectivity index (χ1n) is 10.2. The molecular formula is C23H30FN3O2. The van der Waals surface area contributed by atoms with Gasteiger partial charge < -0.3 is 15.0 Å². The zero-order valence-corrected chi connectivity index (χ0v) is 17.7. The summed E-state index contributed by atoms with van der Waals surface area (Å²) in [4.78, 5) is 17.2. The van der Waals surface area contributed by atoms with E-state index in [0.717, 1.165) is 42.6 Å². The number of amides is 1. The number of nitrogens with zero attached hydrogens (tertiary/aromatic N) is 2. The Hall–Kier alpha value is -2.47. The van der Waals surface area contributed by atoms with Gasteiger partial charge in [0.25, 0.3) is 0 Å². The molecule has 0 radical (unpaired) electrons. The van der Waals surface area contributed by atoms with Crippen LogP contribution in [0.1, 0.15) is 50.5 Å². The molecule has 0 unspecified atom stereocenters. The normalized spacial score (nSPS) is 21.2. The van der Waals surface area contributed by atoms with Crippen molar-refractivity contribution in [2.24, 2.45) is 0 Å². The van der Waals surface area contributed by atoms with Gasteiger partial charge in [-0.15, -0.1) is 0 Å². The SMILES string of the molecule is CCOc1ccc(F)c(-c2cc(C)nc([C@H]3CC[C@@](C)(CCN(C)C=O)N3)c2)c1.